The van der Waals surface area contributed by atoms with Gasteiger partial charge in [0.15, 0.2) is 14.6 Å². The van der Waals surface area contributed by atoms with Gasteiger partial charge in [-0.3, -0.25) is 4.58 Å². The predicted molar refractivity (Wildman–Crippen MR) is 157 cm³/mol. The Balaban J connectivity index is 4.52. The second kappa shape index (κ2) is 18.5. The first-order valence-electron chi connectivity index (χ1n) is 13.9. The molecular formula is C27H60O9Si2. The van der Waals surface area contributed by atoms with Crippen LogP contribution in [0.4, 0.5) is 0 Å². The summed E-state index contributed by atoms with van der Waals surface area (Å²) in [6.07, 6.45) is -0.841. The van der Waals surface area contributed by atoms with E-state index in [-0.39, 0.29) is 28.6 Å². The molecule has 0 aliphatic heterocycles. The monoisotopic (exact) mass is 584 g/mol. The van der Waals surface area contributed by atoms with Crippen LogP contribution in [0.25, 0.3) is 0 Å². The van der Waals surface area contributed by atoms with Gasteiger partial charge in [0.25, 0.3) is 0 Å². The molecule has 0 radical (unpaired) electrons. The molecule has 0 fully saturated rings. The van der Waals surface area contributed by atoms with Gasteiger partial charge in [-0.15, -0.1) is 0 Å². The van der Waals surface area contributed by atoms with Crippen molar-refractivity contribution in [2.24, 2.45) is 0 Å². The summed E-state index contributed by atoms with van der Waals surface area (Å²) in [7, 11) is -2.20. The van der Waals surface area contributed by atoms with E-state index < -0.39 is 16.6 Å². The highest BCUT2D eigenvalue weighted by molar-refractivity contribution is 6.74. The molecule has 0 amide bonds. The van der Waals surface area contributed by atoms with Crippen LogP contribution in [0.5, 0.6) is 0 Å². The highest BCUT2D eigenvalue weighted by atomic mass is 28.4. The van der Waals surface area contributed by atoms with Crippen LogP contribution >= 0.6 is 0 Å². The highest BCUT2D eigenvalue weighted by Crippen LogP contribution is 2.37. The Labute approximate surface area is 235 Å². The van der Waals surface area contributed by atoms with E-state index in [9.17, 15) is 0 Å². The third-order valence-corrected chi connectivity index (χ3v) is 15.8. The zero-order valence-corrected chi connectivity index (χ0v) is 28.8. The highest BCUT2D eigenvalue weighted by Gasteiger charge is 2.40. The van der Waals surface area contributed by atoms with Gasteiger partial charge < -0.3 is 32.8 Å². The maximum absolute atomic E-state index is 6.23. The quantitative estimate of drug-likeness (QED) is 0.0516. The lowest BCUT2D eigenvalue weighted by Gasteiger charge is -2.36. The number of hydrogen-bond acceptors (Lipinski definition) is 9. The van der Waals surface area contributed by atoms with E-state index in [4.69, 9.17) is 42.3 Å². The zero-order chi connectivity index (χ0) is 29.5. The topological polar surface area (TPSA) is 83.1 Å². The van der Waals surface area contributed by atoms with Crippen LogP contribution in [0.2, 0.25) is 36.3 Å². The molecule has 230 valence electrons. The van der Waals surface area contributed by atoms with Gasteiger partial charge in [-0.25, -0.2) is 4.89 Å². The van der Waals surface area contributed by atoms with Crippen LogP contribution in [-0.2, 0) is 42.3 Å². The minimum atomic E-state index is -2.02. The molecule has 0 aromatic rings. The predicted octanol–water partition coefficient (Wildman–Crippen LogP) is 5.79. The van der Waals surface area contributed by atoms with Gasteiger partial charge in [-0.05, 0) is 50.1 Å². The third kappa shape index (κ3) is 16.4. The second-order valence-corrected chi connectivity index (χ2v) is 22.1. The normalized spacial score (nSPS) is 16.0. The molecular weight excluding hydrogens is 524 g/mol. The zero-order valence-electron chi connectivity index (χ0n) is 26.8. The van der Waals surface area contributed by atoms with Gasteiger partial charge in [-0.1, -0.05) is 41.5 Å². The molecule has 3 unspecified atom stereocenters. The first kappa shape index (κ1) is 38.1. The first-order valence-corrected chi connectivity index (χ1v) is 19.8. The fraction of sp³-hybridized carbons (Fsp3) is 1.00. The van der Waals surface area contributed by atoms with Crippen molar-refractivity contribution >= 4 is 16.6 Å². The average molecular weight is 585 g/mol. The molecule has 0 bridgehead atoms. The fourth-order valence-corrected chi connectivity index (χ4v) is 4.20. The van der Waals surface area contributed by atoms with Crippen LogP contribution in [0.15, 0.2) is 0 Å². The summed E-state index contributed by atoms with van der Waals surface area (Å²) in [6.45, 7) is 29.7. The van der Waals surface area contributed by atoms with E-state index in [1.165, 1.54) is 0 Å². The average Bonchev–Trinajstić information content (AvgIpc) is 2.78. The van der Waals surface area contributed by atoms with Gasteiger partial charge >= 0.3 is 0 Å². The Kier molecular flexibility index (Phi) is 18.5. The summed E-state index contributed by atoms with van der Waals surface area (Å²) in [5.74, 6) is 0. The summed E-state index contributed by atoms with van der Waals surface area (Å²) in [4.78, 5) is 5.71. The number of hydrogen-bond donors (Lipinski definition) is 0. The lowest BCUT2D eigenvalue weighted by Crippen LogP contribution is -2.43. The molecule has 9 nitrogen and oxygen atoms in total. The number of ether oxygens (including phenoxy) is 6. The van der Waals surface area contributed by atoms with Crippen LogP contribution in [0, 0.1) is 0 Å². The minimum Gasteiger partial charge on any atom is -0.414 e. The molecule has 0 aliphatic rings. The maximum atomic E-state index is 6.23. The van der Waals surface area contributed by atoms with Gasteiger partial charge in [0.2, 0.25) is 8.32 Å². The van der Waals surface area contributed by atoms with Crippen molar-refractivity contribution in [1.29, 1.82) is 0 Å². The Hall–Kier alpha value is 0.0738. The molecule has 0 heterocycles. The van der Waals surface area contributed by atoms with Crippen LogP contribution in [-0.4, -0.2) is 102 Å². The van der Waals surface area contributed by atoms with E-state index in [0.29, 0.717) is 59.5 Å². The Bertz CT molecular complexity index is 592. The number of rotatable bonds is 22. The van der Waals surface area contributed by atoms with Crippen molar-refractivity contribution < 1.29 is 42.3 Å². The van der Waals surface area contributed by atoms with Crippen molar-refractivity contribution in [2.75, 3.05) is 66.6 Å². The lowest BCUT2D eigenvalue weighted by molar-refractivity contribution is -0.276. The van der Waals surface area contributed by atoms with Crippen LogP contribution in [0.1, 0.15) is 55.4 Å². The van der Waals surface area contributed by atoms with Gasteiger partial charge in [0.1, 0.15) is 12.2 Å². The Morgan fingerprint density at radius 2 is 1.18 bits per heavy atom. The molecule has 0 aliphatic carbocycles. The molecule has 0 aromatic heterocycles. The molecule has 0 N–H and O–H groups in total. The molecule has 0 rings (SSSR count). The summed E-state index contributed by atoms with van der Waals surface area (Å²) in [5.41, 5.74) is 0. The molecule has 0 spiro atoms. The smallest absolute Gasteiger partial charge is 0.238 e. The van der Waals surface area contributed by atoms with Crippen molar-refractivity contribution in [3.05, 3.63) is 0 Å². The van der Waals surface area contributed by atoms with E-state index in [1.54, 1.807) is 7.11 Å². The standard InChI is InChI=1S/C27H60O9Si2/c1-14-31-23(2)33-22-24(32-17-18-34-37(10,11)26(3,4)5)20-29-15-16-30-21-25(19-28-9)35-36-38(12,13)27(6,7)8/h23-25H,14-22H2,1-13H3. The maximum Gasteiger partial charge on any atom is 0.238 e. The first-order chi connectivity index (χ1) is 17.5. The van der Waals surface area contributed by atoms with E-state index >= 15 is 0 Å². The molecule has 3 atom stereocenters. The lowest BCUT2D eigenvalue weighted by atomic mass is 10.2. The summed E-state index contributed by atoms with van der Waals surface area (Å²) in [5, 5.41) is 0.217. The van der Waals surface area contributed by atoms with Crippen molar-refractivity contribution in [1.82, 2.24) is 0 Å². The molecule has 38 heavy (non-hydrogen) atoms. The number of methoxy groups -OCH3 is 1. The van der Waals surface area contributed by atoms with Crippen LogP contribution < -0.4 is 0 Å². The van der Waals surface area contributed by atoms with Crippen LogP contribution in [0.3, 0.4) is 0 Å². The van der Waals surface area contributed by atoms with E-state index in [2.05, 4.69) is 67.7 Å². The van der Waals surface area contributed by atoms with Crippen molar-refractivity contribution in [3.8, 4) is 0 Å². The molecule has 11 heteroatoms. The third-order valence-electron chi connectivity index (χ3n) is 7.15. The Morgan fingerprint density at radius 3 is 1.68 bits per heavy atom. The van der Waals surface area contributed by atoms with Gasteiger partial charge in [-0.2, -0.15) is 0 Å². The molecule has 0 aromatic carbocycles. The van der Waals surface area contributed by atoms with E-state index in [0.717, 1.165) is 0 Å². The van der Waals surface area contributed by atoms with Gasteiger partial charge in [0.05, 0.1) is 52.9 Å². The summed E-state index contributed by atoms with van der Waals surface area (Å²) >= 11 is 0. The minimum absolute atomic E-state index is 0.0545. The van der Waals surface area contributed by atoms with E-state index in [1.807, 2.05) is 13.8 Å². The fourth-order valence-electron chi connectivity index (χ4n) is 2.55. The molecule has 0 saturated heterocycles. The summed E-state index contributed by atoms with van der Waals surface area (Å²) in [6, 6.07) is 0. The van der Waals surface area contributed by atoms with Crippen molar-refractivity contribution in [2.45, 2.75) is 110 Å². The largest absolute Gasteiger partial charge is 0.414 e. The van der Waals surface area contributed by atoms with Crippen molar-refractivity contribution in [3.63, 3.8) is 0 Å². The second-order valence-electron chi connectivity index (χ2n) is 12.6. The van der Waals surface area contributed by atoms with Gasteiger partial charge in [0, 0.05) is 13.7 Å². The SMILES string of the molecule is CCOC(C)OCC(COCCOCC(COC)OO[Si](C)(C)C(C)(C)C)OCCO[Si](C)(C)C(C)(C)C. The summed E-state index contributed by atoms with van der Waals surface area (Å²) < 4.78 is 46.3. The Morgan fingerprint density at radius 1 is 0.632 bits per heavy atom. The molecule has 0 saturated carbocycles.